The van der Waals surface area contributed by atoms with Crippen LogP contribution in [0.1, 0.15) is 12.8 Å². The van der Waals surface area contributed by atoms with E-state index in [2.05, 4.69) is 0 Å². The summed E-state index contributed by atoms with van der Waals surface area (Å²) in [6.07, 6.45) is 1.88. The zero-order valence-corrected chi connectivity index (χ0v) is 6.72. The van der Waals surface area contributed by atoms with Gasteiger partial charge in [-0.15, -0.1) is 0 Å². The molecule has 4 heteroatoms. The van der Waals surface area contributed by atoms with E-state index in [0.29, 0.717) is 0 Å². The summed E-state index contributed by atoms with van der Waals surface area (Å²) < 4.78 is 21.3. The quantitative estimate of drug-likeness (QED) is 0.550. The first kappa shape index (κ1) is 6.78. The Balaban J connectivity index is 2.47. The van der Waals surface area contributed by atoms with Crippen LogP contribution in [0.15, 0.2) is 0 Å². The summed E-state index contributed by atoms with van der Waals surface area (Å²) in [4.78, 5) is 0. The van der Waals surface area contributed by atoms with Crippen LogP contribution in [0.5, 0.6) is 0 Å². The van der Waals surface area contributed by atoms with E-state index in [1.807, 2.05) is 0 Å². The van der Waals surface area contributed by atoms with E-state index < -0.39 is 17.8 Å². The molecule has 1 radical (unpaired) electrons. The fourth-order valence-electron chi connectivity index (χ4n) is 0.661. The van der Waals surface area contributed by atoms with Crippen molar-refractivity contribution in [1.82, 2.24) is 0 Å². The van der Waals surface area contributed by atoms with E-state index in [1.54, 1.807) is 0 Å². The van der Waals surface area contributed by atoms with Crippen molar-refractivity contribution in [2.75, 3.05) is 5.75 Å². The van der Waals surface area contributed by atoms with Crippen molar-refractivity contribution < 1.29 is 24.5 Å². The number of hydrogen-bond donors (Lipinski definition) is 0. The van der Waals surface area contributed by atoms with Gasteiger partial charge in [-0.2, -0.15) is 0 Å². The molecular formula is C4H6O2STi. The Bertz CT molecular complexity index is 129. The molecule has 0 aliphatic carbocycles. The second-order valence-corrected chi connectivity index (χ2v) is 5.26. The molecule has 1 heterocycles. The second kappa shape index (κ2) is 2.99. The predicted octanol–water partition coefficient (Wildman–Crippen LogP) is 1.31. The molecule has 1 aliphatic rings. The van der Waals surface area contributed by atoms with Crippen LogP contribution in [-0.4, -0.2) is 5.75 Å². The average molecular weight is 166 g/mol. The summed E-state index contributed by atoms with van der Waals surface area (Å²) in [5, 5.41) is 0. The van der Waals surface area contributed by atoms with Crippen LogP contribution in [0.4, 0.5) is 0 Å². The normalized spacial score (nSPS) is 21.5. The molecular weight excluding hydrogens is 160 g/mol. The summed E-state index contributed by atoms with van der Waals surface area (Å²) in [5.74, 6) is 1.01. The monoisotopic (exact) mass is 166 g/mol. The molecule has 0 atom stereocenters. The summed E-state index contributed by atoms with van der Waals surface area (Å²) >= 11 is -1.56. The van der Waals surface area contributed by atoms with Gasteiger partial charge in [0.15, 0.2) is 0 Å². The summed E-state index contributed by atoms with van der Waals surface area (Å²) in [5.41, 5.74) is 0. The first-order valence-corrected chi connectivity index (χ1v) is 5.55. The van der Waals surface area contributed by atoms with Gasteiger partial charge >= 0.3 is 58.4 Å². The fraction of sp³-hybridized carbons (Fsp3) is 0.750. The van der Waals surface area contributed by atoms with E-state index >= 15 is 0 Å². The van der Waals surface area contributed by atoms with Crippen LogP contribution in [0.25, 0.3) is 0 Å². The van der Waals surface area contributed by atoms with Crippen molar-refractivity contribution in [2.45, 2.75) is 12.8 Å². The van der Waals surface area contributed by atoms with Crippen molar-refractivity contribution in [1.29, 1.82) is 0 Å². The predicted molar refractivity (Wildman–Crippen MR) is 26.3 cm³/mol. The van der Waals surface area contributed by atoms with Crippen molar-refractivity contribution in [3.05, 3.63) is 3.55 Å². The topological polar surface area (TPSA) is 34.1 Å². The Kier molecular flexibility index (Phi) is 2.54. The molecule has 8 heavy (non-hydrogen) atoms. The molecule has 1 fully saturated rings. The average Bonchev–Trinajstić information content (AvgIpc) is 2.12. The molecule has 0 amide bonds. The van der Waals surface area contributed by atoms with Crippen LogP contribution in [-0.2, 0) is 24.5 Å². The first-order valence-electron chi connectivity index (χ1n) is 2.50. The number of hydrogen-bond acceptors (Lipinski definition) is 3. The fourth-order valence-corrected chi connectivity index (χ4v) is 3.23. The van der Waals surface area contributed by atoms with E-state index in [0.717, 1.165) is 22.1 Å². The third kappa shape index (κ3) is 1.57. The van der Waals surface area contributed by atoms with Crippen molar-refractivity contribution in [2.24, 2.45) is 0 Å². The summed E-state index contributed by atoms with van der Waals surface area (Å²) in [6.45, 7) is 0. The molecule has 0 spiro atoms. The van der Waals surface area contributed by atoms with Crippen molar-refractivity contribution in [3.63, 3.8) is 0 Å². The van der Waals surface area contributed by atoms with Gasteiger partial charge in [0.25, 0.3) is 0 Å². The van der Waals surface area contributed by atoms with Gasteiger partial charge in [0.2, 0.25) is 0 Å². The number of rotatable bonds is 1. The van der Waals surface area contributed by atoms with Crippen LogP contribution >= 0.6 is 11.8 Å². The first-order chi connectivity index (χ1) is 3.80. The molecule has 0 saturated carbocycles. The molecule has 0 aromatic heterocycles. The summed E-state index contributed by atoms with van der Waals surface area (Å²) in [7, 11) is 0. The van der Waals surface area contributed by atoms with Crippen LogP contribution in [0.2, 0.25) is 0 Å². The Labute approximate surface area is 58.5 Å². The molecule has 0 aromatic rings. The minimum absolute atomic E-state index is 0.769. The molecule has 1 aliphatic heterocycles. The van der Waals surface area contributed by atoms with Crippen LogP contribution in [0, 0.1) is 3.55 Å². The van der Waals surface area contributed by atoms with Gasteiger partial charge in [-0.05, 0) is 0 Å². The number of thioether (sulfide) groups is 1. The Morgan fingerprint density at radius 2 is 2.25 bits per heavy atom. The standard InChI is InChI=1S/C4H6S.2O.Ti/c1-2-4-5-3-1;;;/h1-3H2;;;. The van der Waals surface area contributed by atoms with E-state index in [1.165, 1.54) is 11.8 Å². The molecule has 2 nitrogen and oxygen atoms in total. The Morgan fingerprint density at radius 3 is 2.50 bits per heavy atom. The molecule has 44 valence electrons. The van der Waals surface area contributed by atoms with Crippen molar-refractivity contribution in [3.8, 4) is 0 Å². The third-order valence-corrected chi connectivity index (χ3v) is 4.56. The van der Waals surface area contributed by atoms with Gasteiger partial charge in [0.1, 0.15) is 0 Å². The molecule has 0 unspecified atom stereocenters. The molecule has 0 aromatic carbocycles. The van der Waals surface area contributed by atoms with E-state index in [9.17, 15) is 6.65 Å². The van der Waals surface area contributed by atoms with Crippen LogP contribution in [0.3, 0.4) is 0 Å². The Hall–Kier alpha value is 0.664. The maximum atomic E-state index is 10.3. The zero-order chi connectivity index (χ0) is 5.98. The van der Waals surface area contributed by atoms with E-state index in [-0.39, 0.29) is 0 Å². The van der Waals surface area contributed by atoms with Gasteiger partial charge in [-0.1, -0.05) is 0 Å². The third-order valence-electron chi connectivity index (χ3n) is 1.05. The maximum absolute atomic E-state index is 10.3. The SMILES string of the molecule is [O]=[Ti](=[O])[C]1CCCS1. The van der Waals surface area contributed by atoms with Gasteiger partial charge in [-0.25, -0.2) is 0 Å². The second-order valence-electron chi connectivity index (χ2n) is 1.66. The zero-order valence-electron chi connectivity index (χ0n) is 4.35. The van der Waals surface area contributed by atoms with Gasteiger partial charge in [0.05, 0.1) is 0 Å². The van der Waals surface area contributed by atoms with Gasteiger partial charge < -0.3 is 0 Å². The molecule has 0 bridgehead atoms. The van der Waals surface area contributed by atoms with Crippen molar-refractivity contribution >= 4 is 11.8 Å². The van der Waals surface area contributed by atoms with Gasteiger partial charge in [-0.3, -0.25) is 0 Å². The molecule has 1 rings (SSSR count). The van der Waals surface area contributed by atoms with E-state index in [4.69, 9.17) is 0 Å². The minimum atomic E-state index is -3.08. The van der Waals surface area contributed by atoms with Crippen LogP contribution < -0.4 is 0 Å². The molecule has 1 saturated heterocycles. The Morgan fingerprint density at radius 1 is 1.50 bits per heavy atom. The molecule has 0 N–H and O–H groups in total. The summed E-state index contributed by atoms with van der Waals surface area (Å²) in [6, 6.07) is 0. The van der Waals surface area contributed by atoms with Gasteiger partial charge in [0, 0.05) is 0 Å².